The first kappa shape index (κ1) is 19.1. The summed E-state index contributed by atoms with van der Waals surface area (Å²) in [5.41, 5.74) is -0.139. The van der Waals surface area contributed by atoms with E-state index in [1.54, 1.807) is 0 Å². The molecule has 0 spiro atoms. The van der Waals surface area contributed by atoms with Crippen LogP contribution in [-0.4, -0.2) is 34.5 Å². The number of aromatic amines is 1. The fourth-order valence-corrected chi connectivity index (χ4v) is 4.42. The normalized spacial score (nSPS) is 12.8. The second-order valence-electron chi connectivity index (χ2n) is 6.16. The Kier molecular flexibility index (Phi) is 6.69. The molecule has 1 N–H and O–H groups in total. The molecule has 0 radical (unpaired) electrons. The molecule has 7 nitrogen and oxygen atoms in total. The molecule has 2 aromatic rings. The highest BCUT2D eigenvalue weighted by Gasteiger charge is 2.16. The van der Waals surface area contributed by atoms with Gasteiger partial charge in [-0.25, -0.2) is 18.0 Å². The smallest absolute Gasteiger partial charge is 0.284 e. The lowest BCUT2D eigenvalue weighted by Gasteiger charge is -2.12. The number of benzene rings is 1. The van der Waals surface area contributed by atoms with Crippen LogP contribution in [0.25, 0.3) is 0 Å². The van der Waals surface area contributed by atoms with Gasteiger partial charge >= 0.3 is 11.4 Å². The number of hydrogen-bond acceptors (Lipinski definition) is 5. The molecule has 0 unspecified atom stereocenters. The van der Waals surface area contributed by atoms with Crippen LogP contribution >= 0.6 is 0 Å². The van der Waals surface area contributed by atoms with E-state index in [9.17, 15) is 18.0 Å². The Morgan fingerprint density at radius 2 is 1.84 bits per heavy atom. The van der Waals surface area contributed by atoms with Gasteiger partial charge in [0.15, 0.2) is 9.84 Å². The van der Waals surface area contributed by atoms with Crippen LogP contribution in [0.2, 0.25) is 0 Å². The number of nitrogens with one attached hydrogen (secondary N) is 1. The maximum Gasteiger partial charge on any atom is 0.350 e. The molecule has 0 fully saturated rings. The van der Waals surface area contributed by atoms with Crippen molar-refractivity contribution in [1.82, 2.24) is 14.5 Å². The molecule has 0 aliphatic carbocycles. The second-order valence-corrected chi connectivity index (χ2v) is 8.39. The first-order valence-corrected chi connectivity index (χ1v) is 10.1. The summed E-state index contributed by atoms with van der Waals surface area (Å²) >= 11 is 0. The molecule has 136 valence electrons. The molecule has 8 heteroatoms. The van der Waals surface area contributed by atoms with E-state index in [2.05, 4.69) is 9.97 Å². The first-order valence-electron chi connectivity index (χ1n) is 8.28. The Hall–Kier alpha value is -2.22. The highest BCUT2D eigenvalue weighted by Crippen LogP contribution is 2.17. The largest absolute Gasteiger partial charge is 0.350 e. The predicted octanol–water partition coefficient (Wildman–Crippen LogP) is 1.32. The maximum atomic E-state index is 12.2. The van der Waals surface area contributed by atoms with Gasteiger partial charge in [-0.1, -0.05) is 43.7 Å². The SMILES string of the molecule is C[C@@H](CS(=O)(=O)CCCCCn1cnc(=O)[nH]c1=O)c1ccccc1. The van der Waals surface area contributed by atoms with E-state index in [0.29, 0.717) is 25.8 Å². The van der Waals surface area contributed by atoms with Crippen molar-refractivity contribution in [2.24, 2.45) is 0 Å². The topological polar surface area (TPSA) is 102 Å². The van der Waals surface area contributed by atoms with Gasteiger partial charge < -0.3 is 0 Å². The Morgan fingerprint density at radius 1 is 1.12 bits per heavy atom. The van der Waals surface area contributed by atoms with Crippen molar-refractivity contribution >= 4 is 9.84 Å². The lowest BCUT2D eigenvalue weighted by Crippen LogP contribution is -2.31. The molecule has 0 saturated heterocycles. The number of sulfone groups is 1. The zero-order chi connectivity index (χ0) is 18.3. The van der Waals surface area contributed by atoms with Gasteiger partial charge in [0.05, 0.1) is 11.5 Å². The van der Waals surface area contributed by atoms with E-state index in [1.807, 2.05) is 37.3 Å². The van der Waals surface area contributed by atoms with Crippen molar-refractivity contribution in [2.75, 3.05) is 11.5 Å². The minimum Gasteiger partial charge on any atom is -0.284 e. The van der Waals surface area contributed by atoms with Gasteiger partial charge in [-0.15, -0.1) is 0 Å². The third-order valence-electron chi connectivity index (χ3n) is 4.02. The minimum absolute atomic E-state index is 0.0306. The molecule has 0 bridgehead atoms. The average Bonchev–Trinajstić information content (AvgIpc) is 2.56. The van der Waals surface area contributed by atoms with E-state index >= 15 is 0 Å². The van der Waals surface area contributed by atoms with E-state index in [4.69, 9.17) is 0 Å². The van der Waals surface area contributed by atoms with E-state index in [0.717, 1.165) is 5.56 Å². The summed E-state index contributed by atoms with van der Waals surface area (Å²) in [5.74, 6) is 0.250. The average molecular weight is 365 g/mol. The number of unbranched alkanes of at least 4 members (excludes halogenated alkanes) is 2. The number of aryl methyl sites for hydroxylation is 1. The third kappa shape index (κ3) is 6.30. The summed E-state index contributed by atoms with van der Waals surface area (Å²) in [7, 11) is -3.12. The minimum atomic E-state index is -3.12. The van der Waals surface area contributed by atoms with Crippen LogP contribution in [0, 0.1) is 0 Å². The van der Waals surface area contributed by atoms with Crippen LogP contribution in [-0.2, 0) is 16.4 Å². The monoisotopic (exact) mass is 365 g/mol. The predicted molar refractivity (Wildman–Crippen MR) is 96.5 cm³/mol. The molecule has 0 amide bonds. The van der Waals surface area contributed by atoms with Crippen molar-refractivity contribution < 1.29 is 8.42 Å². The van der Waals surface area contributed by atoms with Crippen LogP contribution in [0.5, 0.6) is 0 Å². The lowest BCUT2D eigenvalue weighted by atomic mass is 10.0. The summed E-state index contributed by atoms with van der Waals surface area (Å²) in [5, 5.41) is 0. The van der Waals surface area contributed by atoms with Crippen molar-refractivity contribution in [3.63, 3.8) is 0 Å². The summed E-state index contributed by atoms with van der Waals surface area (Å²) < 4.78 is 25.8. The highest BCUT2D eigenvalue weighted by atomic mass is 32.2. The van der Waals surface area contributed by atoms with Crippen molar-refractivity contribution in [3.8, 4) is 0 Å². The number of rotatable bonds is 9. The van der Waals surface area contributed by atoms with Gasteiger partial charge in [0.1, 0.15) is 6.33 Å². The molecule has 0 saturated carbocycles. The molecular formula is C17H23N3O4S. The molecule has 0 aliphatic rings. The van der Waals surface area contributed by atoms with Crippen molar-refractivity contribution in [3.05, 3.63) is 63.2 Å². The van der Waals surface area contributed by atoms with Gasteiger partial charge in [-0.3, -0.25) is 9.55 Å². The van der Waals surface area contributed by atoms with Crippen LogP contribution in [0.4, 0.5) is 0 Å². The van der Waals surface area contributed by atoms with Crippen molar-refractivity contribution in [1.29, 1.82) is 0 Å². The van der Waals surface area contributed by atoms with Crippen LogP contribution in [0.15, 0.2) is 46.2 Å². The zero-order valence-electron chi connectivity index (χ0n) is 14.2. The molecule has 1 aromatic carbocycles. The fourth-order valence-electron chi connectivity index (χ4n) is 2.65. The second kappa shape index (κ2) is 8.75. The van der Waals surface area contributed by atoms with Gasteiger partial charge in [-0.2, -0.15) is 4.98 Å². The summed E-state index contributed by atoms with van der Waals surface area (Å²) in [6, 6.07) is 9.61. The zero-order valence-corrected chi connectivity index (χ0v) is 15.0. The Bertz CT molecular complexity index is 888. The molecule has 1 heterocycles. The number of nitrogens with zero attached hydrogens (tertiary/aromatic N) is 2. The molecule has 0 aliphatic heterocycles. The van der Waals surface area contributed by atoms with Crippen LogP contribution in [0.3, 0.4) is 0 Å². The maximum absolute atomic E-state index is 12.2. The fraction of sp³-hybridized carbons (Fsp3) is 0.471. The quantitative estimate of drug-likeness (QED) is 0.675. The first-order chi connectivity index (χ1) is 11.9. The number of aromatic nitrogens is 3. The van der Waals surface area contributed by atoms with Crippen LogP contribution < -0.4 is 11.4 Å². The number of hydrogen-bond donors (Lipinski definition) is 1. The third-order valence-corrected chi connectivity index (χ3v) is 5.93. The summed E-state index contributed by atoms with van der Waals surface area (Å²) in [4.78, 5) is 27.9. The molecule has 2 rings (SSSR count). The summed E-state index contributed by atoms with van der Waals surface area (Å²) in [6.07, 6.45) is 3.09. The number of H-pyrrole nitrogens is 1. The van der Waals surface area contributed by atoms with Gasteiger partial charge in [0.25, 0.3) is 0 Å². The molecule has 1 atom stereocenters. The van der Waals surface area contributed by atoms with Crippen molar-refractivity contribution in [2.45, 2.75) is 38.6 Å². The molecular weight excluding hydrogens is 342 g/mol. The molecule has 25 heavy (non-hydrogen) atoms. The Labute approximate surface area is 146 Å². The van der Waals surface area contributed by atoms with Gasteiger partial charge in [0.2, 0.25) is 0 Å². The Balaban J connectivity index is 1.75. The van der Waals surface area contributed by atoms with E-state index < -0.39 is 21.2 Å². The summed E-state index contributed by atoms with van der Waals surface area (Å²) in [6.45, 7) is 2.32. The Morgan fingerprint density at radius 3 is 2.52 bits per heavy atom. The van der Waals surface area contributed by atoms with E-state index in [1.165, 1.54) is 10.9 Å². The molecule has 1 aromatic heterocycles. The highest BCUT2D eigenvalue weighted by molar-refractivity contribution is 7.91. The van der Waals surface area contributed by atoms with E-state index in [-0.39, 0.29) is 17.4 Å². The van der Waals surface area contributed by atoms with Gasteiger partial charge in [-0.05, 0) is 24.3 Å². The lowest BCUT2D eigenvalue weighted by molar-refractivity contribution is 0.554. The van der Waals surface area contributed by atoms with Crippen LogP contribution in [0.1, 0.15) is 37.7 Å². The van der Waals surface area contributed by atoms with Gasteiger partial charge in [0, 0.05) is 6.54 Å². The standard InChI is InChI=1S/C17H23N3O4S/c1-14(15-8-4-2-5-9-15)12-25(23,24)11-7-3-6-10-20-13-18-16(21)19-17(20)22/h2,4-5,8-9,13-14H,3,6-7,10-12H2,1H3,(H,19,21,22)/t14-/m0/s1.